The summed E-state index contributed by atoms with van der Waals surface area (Å²) in [5.41, 5.74) is 5.30. The van der Waals surface area contributed by atoms with Gasteiger partial charge < -0.3 is 9.30 Å². The molecule has 0 saturated carbocycles. The predicted molar refractivity (Wildman–Crippen MR) is 133 cm³/mol. The lowest BCUT2D eigenvalue weighted by Crippen LogP contribution is -2.05. The molecule has 0 radical (unpaired) electrons. The van der Waals surface area contributed by atoms with E-state index in [9.17, 15) is 0 Å². The molecule has 0 unspecified atom stereocenters. The number of benzene rings is 2. The van der Waals surface area contributed by atoms with Crippen LogP contribution in [0, 0.1) is 13.8 Å². The van der Waals surface area contributed by atoms with Gasteiger partial charge in [-0.25, -0.2) is 9.97 Å². The number of aryl methyl sites for hydroxylation is 2. The Kier molecular flexibility index (Phi) is 7.89. The van der Waals surface area contributed by atoms with Crippen molar-refractivity contribution in [2.45, 2.75) is 34.2 Å². The number of imidazole rings is 1. The summed E-state index contributed by atoms with van der Waals surface area (Å²) in [6.45, 7) is 12.8. The Hall–Kier alpha value is -2.89. The molecule has 0 saturated heterocycles. The Labute approximate surface area is 198 Å². The van der Waals surface area contributed by atoms with Gasteiger partial charge >= 0.3 is 0 Å². The number of ether oxygens (including phenoxy) is 1. The summed E-state index contributed by atoms with van der Waals surface area (Å²) in [7, 11) is 0. The van der Waals surface area contributed by atoms with Crippen LogP contribution in [-0.4, -0.2) is 26.1 Å². The van der Waals surface area contributed by atoms with Crippen LogP contribution in [0.1, 0.15) is 30.5 Å². The molecule has 2 heterocycles. The third kappa shape index (κ3) is 5.12. The fourth-order valence-corrected chi connectivity index (χ4v) is 3.77. The van der Waals surface area contributed by atoms with Crippen LogP contribution in [0.15, 0.2) is 55.1 Å². The van der Waals surface area contributed by atoms with Crippen molar-refractivity contribution in [2.24, 2.45) is 0 Å². The van der Waals surface area contributed by atoms with Gasteiger partial charge in [-0.05, 0) is 43.1 Å². The average Bonchev–Trinajstić information content (AvgIpc) is 3.14. The third-order valence-electron chi connectivity index (χ3n) is 4.73. The molecule has 0 N–H and O–H groups in total. The van der Waals surface area contributed by atoms with Crippen LogP contribution in [0.2, 0.25) is 10.4 Å². The summed E-state index contributed by atoms with van der Waals surface area (Å²) in [5, 5.41) is 0.323. The highest BCUT2D eigenvalue weighted by molar-refractivity contribution is 6.35. The maximum Gasteiger partial charge on any atom is 0.225 e. The quantitative estimate of drug-likeness (QED) is 0.172. The Morgan fingerprint density at radius 2 is 1.66 bits per heavy atom. The first-order valence-corrected chi connectivity index (χ1v) is 11.2. The number of rotatable bonds is 6. The summed E-state index contributed by atoms with van der Waals surface area (Å²) in [6.07, 6.45) is 1.71. The monoisotopic (exact) mass is 468 g/mol. The Morgan fingerprint density at radius 1 is 0.969 bits per heavy atom. The van der Waals surface area contributed by atoms with Crippen molar-refractivity contribution < 1.29 is 4.74 Å². The van der Waals surface area contributed by atoms with Crippen LogP contribution in [0.4, 0.5) is 0 Å². The number of aromatic nitrogens is 4. The SMILES string of the molecule is C=CCOc1ccc(C)cc1-c1nc2nc(Cl)nc(Cl)c2n1Cc1ccc(C)cc1.CC. The standard InChI is InChI=1S/C23H20Cl2N4O.C2H6/c1-4-11-30-18-10-7-15(3)12-17(18)22-27-21-19(20(24)26-23(25)28-21)29(22)13-16-8-5-14(2)6-9-16;1-2/h4-10,12H,1,11,13H2,2-3H3;1-2H3. The maximum absolute atomic E-state index is 6.47. The second-order valence-electron chi connectivity index (χ2n) is 7.06. The van der Waals surface area contributed by atoms with Gasteiger partial charge in [0.05, 0.1) is 5.56 Å². The van der Waals surface area contributed by atoms with E-state index in [0.717, 1.165) is 16.7 Å². The van der Waals surface area contributed by atoms with Gasteiger partial charge in [0, 0.05) is 6.54 Å². The third-order valence-corrected chi connectivity index (χ3v) is 5.16. The topological polar surface area (TPSA) is 52.8 Å². The predicted octanol–water partition coefficient (Wildman–Crippen LogP) is 7.06. The fraction of sp³-hybridized carbons (Fsp3) is 0.240. The van der Waals surface area contributed by atoms with E-state index in [1.165, 1.54) is 5.56 Å². The molecule has 2 aromatic heterocycles. The summed E-state index contributed by atoms with van der Waals surface area (Å²) in [6, 6.07) is 14.3. The first-order valence-electron chi connectivity index (χ1n) is 10.5. The molecule has 0 amide bonds. The van der Waals surface area contributed by atoms with Crippen LogP contribution in [0.3, 0.4) is 0 Å². The molecule has 2 aromatic carbocycles. The molecule has 0 aliphatic rings. The zero-order valence-electron chi connectivity index (χ0n) is 18.7. The molecule has 0 bridgehead atoms. The molecular formula is C25H26Cl2N4O. The van der Waals surface area contributed by atoms with Crippen molar-refractivity contribution in [1.29, 1.82) is 0 Å². The van der Waals surface area contributed by atoms with Gasteiger partial charge in [0.1, 0.15) is 23.7 Å². The molecular weight excluding hydrogens is 443 g/mol. The largest absolute Gasteiger partial charge is 0.489 e. The van der Waals surface area contributed by atoms with Crippen LogP contribution >= 0.6 is 23.2 Å². The van der Waals surface area contributed by atoms with Crippen LogP contribution in [-0.2, 0) is 6.54 Å². The lowest BCUT2D eigenvalue weighted by atomic mass is 10.1. The van der Waals surface area contributed by atoms with Crippen LogP contribution in [0.5, 0.6) is 5.75 Å². The molecule has 0 aliphatic heterocycles. The molecule has 0 spiro atoms. The first-order chi connectivity index (χ1) is 15.5. The summed E-state index contributed by atoms with van der Waals surface area (Å²) < 4.78 is 7.91. The summed E-state index contributed by atoms with van der Waals surface area (Å²) in [5.74, 6) is 1.39. The minimum Gasteiger partial charge on any atom is -0.489 e. The van der Waals surface area contributed by atoms with E-state index in [0.29, 0.717) is 35.9 Å². The van der Waals surface area contributed by atoms with Crippen molar-refractivity contribution >= 4 is 34.4 Å². The van der Waals surface area contributed by atoms with Gasteiger partial charge in [0.2, 0.25) is 5.28 Å². The lowest BCUT2D eigenvalue weighted by Gasteiger charge is -2.14. The van der Waals surface area contributed by atoms with E-state index >= 15 is 0 Å². The summed E-state index contributed by atoms with van der Waals surface area (Å²) in [4.78, 5) is 13.2. The number of hydrogen-bond donors (Lipinski definition) is 0. The number of fused-ring (bicyclic) bond motifs is 1. The van der Waals surface area contributed by atoms with E-state index in [4.69, 9.17) is 32.9 Å². The van der Waals surface area contributed by atoms with Gasteiger partial charge in [-0.15, -0.1) is 0 Å². The van der Waals surface area contributed by atoms with Crippen LogP contribution in [0.25, 0.3) is 22.6 Å². The molecule has 0 atom stereocenters. The van der Waals surface area contributed by atoms with E-state index < -0.39 is 0 Å². The molecule has 166 valence electrons. The van der Waals surface area contributed by atoms with Gasteiger partial charge in [-0.1, -0.05) is 79.6 Å². The van der Waals surface area contributed by atoms with Gasteiger partial charge in [0.25, 0.3) is 0 Å². The number of halogens is 2. The van der Waals surface area contributed by atoms with Crippen molar-refractivity contribution in [2.75, 3.05) is 6.61 Å². The molecule has 7 heteroatoms. The second kappa shape index (κ2) is 10.6. The van der Waals surface area contributed by atoms with Crippen molar-refractivity contribution in [1.82, 2.24) is 19.5 Å². The highest BCUT2D eigenvalue weighted by Gasteiger charge is 2.21. The highest BCUT2D eigenvalue weighted by atomic mass is 35.5. The minimum absolute atomic E-state index is 0.0615. The Morgan fingerprint density at radius 3 is 2.34 bits per heavy atom. The molecule has 5 nitrogen and oxygen atoms in total. The van der Waals surface area contributed by atoms with E-state index in [1.54, 1.807) is 6.08 Å². The molecule has 0 aliphatic carbocycles. The number of nitrogens with zero attached hydrogens (tertiary/aromatic N) is 4. The van der Waals surface area contributed by atoms with Gasteiger partial charge in [0.15, 0.2) is 10.8 Å². The van der Waals surface area contributed by atoms with E-state index in [1.807, 2.05) is 43.5 Å². The zero-order chi connectivity index (χ0) is 23.3. The fourth-order valence-electron chi connectivity index (χ4n) is 3.30. The van der Waals surface area contributed by atoms with Gasteiger partial charge in [-0.3, -0.25) is 0 Å². The lowest BCUT2D eigenvalue weighted by molar-refractivity contribution is 0.364. The van der Waals surface area contributed by atoms with Crippen molar-refractivity contribution in [3.8, 4) is 17.1 Å². The highest BCUT2D eigenvalue weighted by Crippen LogP contribution is 2.35. The molecule has 32 heavy (non-hydrogen) atoms. The van der Waals surface area contributed by atoms with Crippen molar-refractivity contribution in [3.05, 3.63) is 82.2 Å². The first kappa shape index (κ1) is 23.8. The number of hydrogen-bond acceptors (Lipinski definition) is 4. The molecule has 4 aromatic rings. The van der Waals surface area contributed by atoms with E-state index in [-0.39, 0.29) is 10.4 Å². The Balaban J connectivity index is 0.00000141. The normalized spacial score (nSPS) is 10.6. The molecule has 4 rings (SSSR count). The maximum atomic E-state index is 6.47. The zero-order valence-corrected chi connectivity index (χ0v) is 20.2. The Bertz CT molecular complexity index is 1230. The minimum atomic E-state index is 0.0615. The molecule has 0 fully saturated rings. The van der Waals surface area contributed by atoms with Crippen LogP contribution < -0.4 is 4.74 Å². The van der Waals surface area contributed by atoms with Gasteiger partial charge in [-0.2, -0.15) is 4.98 Å². The van der Waals surface area contributed by atoms with Crippen molar-refractivity contribution in [3.63, 3.8) is 0 Å². The van der Waals surface area contributed by atoms with E-state index in [2.05, 4.69) is 47.7 Å². The summed E-state index contributed by atoms with van der Waals surface area (Å²) >= 11 is 12.5. The second-order valence-corrected chi connectivity index (χ2v) is 7.76. The average molecular weight is 469 g/mol. The smallest absolute Gasteiger partial charge is 0.225 e.